The minimum absolute atomic E-state index is 0. The van der Waals surface area contributed by atoms with Crippen LogP contribution in [0.4, 0.5) is 0 Å². The van der Waals surface area contributed by atoms with E-state index in [1.807, 2.05) is 91.0 Å². The smallest absolute Gasteiger partial charge is 0.480 e. The van der Waals surface area contributed by atoms with E-state index in [4.69, 9.17) is 0 Å². The van der Waals surface area contributed by atoms with Gasteiger partial charge in [0.05, 0.1) is 11.6 Å². The van der Waals surface area contributed by atoms with E-state index in [0.29, 0.717) is 0 Å². The van der Waals surface area contributed by atoms with Crippen molar-refractivity contribution in [3.05, 3.63) is 108 Å². The second kappa shape index (κ2) is 10.0. The molecule has 0 amide bonds. The van der Waals surface area contributed by atoms with Gasteiger partial charge >= 0.3 is 35.5 Å². The van der Waals surface area contributed by atoms with Crippen molar-refractivity contribution in [1.29, 1.82) is 0 Å². The maximum absolute atomic E-state index is 11.9. The number of hydrogen-bond acceptors (Lipinski definition) is 3. The zero-order valence-corrected chi connectivity index (χ0v) is 18.1. The number of aliphatic hydroxyl groups is 1. The summed E-state index contributed by atoms with van der Waals surface area (Å²) in [4.78, 5) is 11.9. The molecule has 0 heterocycles. The van der Waals surface area contributed by atoms with Crippen LogP contribution in [-0.4, -0.2) is 28.3 Å². The van der Waals surface area contributed by atoms with Gasteiger partial charge in [-0.05, 0) is 23.6 Å². The molecule has 2 atom stereocenters. The fraction of sp³-hybridized carbons (Fsp3) is 0.174. The summed E-state index contributed by atoms with van der Waals surface area (Å²) in [6.45, 7) is 1.48. The third kappa shape index (κ3) is 4.54. The molecule has 0 aliphatic carbocycles. The largest absolute Gasteiger partial charge is 1.00 e. The fourth-order valence-corrected chi connectivity index (χ4v) is 3.44. The van der Waals surface area contributed by atoms with Gasteiger partial charge in [-0.3, -0.25) is 10.1 Å². The van der Waals surface area contributed by atoms with Crippen LogP contribution < -0.4 is 34.9 Å². The number of benzene rings is 3. The molecule has 3 N–H and O–H groups in total. The van der Waals surface area contributed by atoms with Gasteiger partial charge in [0.2, 0.25) is 0 Å². The molecule has 5 heteroatoms. The zero-order chi connectivity index (χ0) is 19.3. The van der Waals surface area contributed by atoms with E-state index in [1.165, 1.54) is 6.92 Å². The monoisotopic (exact) mass is 384 g/mol. The molecule has 0 saturated carbocycles. The Morgan fingerprint density at radius 3 is 1.36 bits per heavy atom. The molecule has 0 aliphatic heterocycles. The predicted octanol–water partition coefficient (Wildman–Crippen LogP) is 0.406. The molecule has 0 aromatic heterocycles. The molecule has 4 nitrogen and oxygen atoms in total. The second-order valence-electron chi connectivity index (χ2n) is 6.55. The summed E-state index contributed by atoms with van der Waals surface area (Å²) >= 11 is 0. The summed E-state index contributed by atoms with van der Waals surface area (Å²) < 4.78 is 0. The second-order valence-corrected chi connectivity index (χ2v) is 6.55. The third-order valence-corrected chi connectivity index (χ3v) is 4.74. The molecule has 0 radical (unpaired) electrons. The standard InChI is InChI=1S/C23H23NO3.Na/c1-17(25)21(22(26)27)24-23(18-11-5-2-6-12-18,19-13-7-3-8-14-19)20-15-9-4-10-16-20;/h2-17,21,24-25H,1H3,(H,26,27);/q;+1. The Morgan fingerprint density at radius 2 is 1.11 bits per heavy atom. The molecule has 0 aliphatic rings. The van der Waals surface area contributed by atoms with Gasteiger partial charge in [-0.1, -0.05) is 91.0 Å². The third-order valence-electron chi connectivity index (χ3n) is 4.74. The molecular weight excluding hydrogens is 361 g/mol. The predicted molar refractivity (Wildman–Crippen MR) is 105 cm³/mol. The average Bonchev–Trinajstić information content (AvgIpc) is 2.70. The van der Waals surface area contributed by atoms with Gasteiger partial charge in [0.25, 0.3) is 0 Å². The first-order valence-corrected chi connectivity index (χ1v) is 8.91. The van der Waals surface area contributed by atoms with E-state index in [0.717, 1.165) is 16.7 Å². The molecule has 28 heavy (non-hydrogen) atoms. The Kier molecular flexibility index (Phi) is 7.98. The number of aliphatic hydroxyl groups excluding tert-OH is 1. The Balaban J connectivity index is 0.00000280. The molecule has 3 rings (SSSR count). The Hall–Kier alpha value is -1.95. The van der Waals surface area contributed by atoms with Crippen molar-refractivity contribution >= 4 is 5.97 Å². The molecule has 138 valence electrons. The van der Waals surface area contributed by atoms with E-state index in [-0.39, 0.29) is 29.6 Å². The van der Waals surface area contributed by atoms with E-state index in [9.17, 15) is 15.0 Å². The maximum atomic E-state index is 11.9. The van der Waals surface area contributed by atoms with Crippen LogP contribution in [0.3, 0.4) is 0 Å². The minimum Gasteiger partial charge on any atom is -0.480 e. The Labute approximate surface area is 187 Å². The number of rotatable bonds is 7. The molecular formula is C23H23NNaO3+. The van der Waals surface area contributed by atoms with Crippen LogP contribution in [-0.2, 0) is 10.3 Å². The molecule has 0 fully saturated rings. The number of carbonyl (C=O) groups is 1. The van der Waals surface area contributed by atoms with Gasteiger partial charge in [0, 0.05) is 0 Å². The number of carboxylic acids is 1. The molecule has 0 bridgehead atoms. The van der Waals surface area contributed by atoms with Crippen molar-refractivity contribution < 1.29 is 44.6 Å². The molecule has 0 spiro atoms. The fourth-order valence-electron chi connectivity index (χ4n) is 3.44. The van der Waals surface area contributed by atoms with Crippen molar-refractivity contribution in [2.75, 3.05) is 0 Å². The van der Waals surface area contributed by atoms with Crippen molar-refractivity contribution in [2.45, 2.75) is 24.6 Å². The molecule has 3 aromatic carbocycles. The van der Waals surface area contributed by atoms with E-state index in [2.05, 4.69) is 5.32 Å². The quantitative estimate of drug-likeness (QED) is 0.408. The van der Waals surface area contributed by atoms with E-state index >= 15 is 0 Å². The summed E-state index contributed by atoms with van der Waals surface area (Å²) in [5.41, 5.74) is 1.77. The van der Waals surface area contributed by atoms with Gasteiger partial charge in [0.15, 0.2) is 0 Å². The normalized spacial score (nSPS) is 13.2. The van der Waals surface area contributed by atoms with Gasteiger partial charge in [0.1, 0.15) is 6.04 Å². The SMILES string of the molecule is CC(O)C(NC(c1ccccc1)(c1ccccc1)c1ccccc1)C(=O)O.[Na+]. The molecule has 2 unspecified atom stereocenters. The molecule has 3 aromatic rings. The van der Waals surface area contributed by atoms with Gasteiger partial charge in [-0.15, -0.1) is 0 Å². The first kappa shape index (κ1) is 22.3. The number of hydrogen-bond donors (Lipinski definition) is 3. The Bertz CT molecular complexity index is 773. The summed E-state index contributed by atoms with van der Waals surface area (Å²) in [5, 5.41) is 23.1. The van der Waals surface area contributed by atoms with Crippen molar-refractivity contribution in [3.63, 3.8) is 0 Å². The van der Waals surface area contributed by atoms with Gasteiger partial charge in [-0.2, -0.15) is 0 Å². The minimum atomic E-state index is -1.15. The summed E-state index contributed by atoms with van der Waals surface area (Å²) in [7, 11) is 0. The van der Waals surface area contributed by atoms with Crippen LogP contribution in [0.25, 0.3) is 0 Å². The zero-order valence-electron chi connectivity index (χ0n) is 16.1. The van der Waals surface area contributed by atoms with E-state index < -0.39 is 23.7 Å². The van der Waals surface area contributed by atoms with Crippen molar-refractivity contribution in [1.82, 2.24) is 5.32 Å². The topological polar surface area (TPSA) is 69.6 Å². The van der Waals surface area contributed by atoms with Crippen molar-refractivity contribution in [2.24, 2.45) is 0 Å². The van der Waals surface area contributed by atoms with Gasteiger partial charge in [-0.25, -0.2) is 0 Å². The number of aliphatic carboxylic acids is 1. The van der Waals surface area contributed by atoms with Crippen LogP contribution in [0.15, 0.2) is 91.0 Å². The first-order valence-electron chi connectivity index (χ1n) is 8.91. The average molecular weight is 384 g/mol. The number of carboxylic acid groups (broad SMARTS) is 1. The van der Waals surface area contributed by atoms with Crippen LogP contribution in [0.2, 0.25) is 0 Å². The van der Waals surface area contributed by atoms with Crippen LogP contribution in [0.1, 0.15) is 23.6 Å². The molecule has 0 saturated heterocycles. The van der Waals surface area contributed by atoms with Crippen LogP contribution in [0.5, 0.6) is 0 Å². The van der Waals surface area contributed by atoms with Crippen LogP contribution in [0, 0.1) is 0 Å². The number of nitrogens with one attached hydrogen (secondary N) is 1. The summed E-state index contributed by atoms with van der Waals surface area (Å²) in [6, 6.07) is 28.0. The maximum Gasteiger partial charge on any atom is 1.00 e. The summed E-state index contributed by atoms with van der Waals surface area (Å²) in [6.07, 6.45) is -1.07. The first-order chi connectivity index (χ1) is 13.1. The van der Waals surface area contributed by atoms with Crippen LogP contribution >= 0.6 is 0 Å². The van der Waals surface area contributed by atoms with Gasteiger partial charge < -0.3 is 10.2 Å². The Morgan fingerprint density at radius 1 is 0.786 bits per heavy atom. The van der Waals surface area contributed by atoms with E-state index in [1.54, 1.807) is 0 Å². The van der Waals surface area contributed by atoms with Crippen molar-refractivity contribution in [3.8, 4) is 0 Å². The summed E-state index contributed by atoms with van der Waals surface area (Å²) in [5.74, 6) is -1.10.